The monoisotopic (exact) mass is 353 g/mol. The second kappa shape index (κ2) is 7.05. The van der Waals surface area contributed by atoms with Gasteiger partial charge in [0.1, 0.15) is 18.6 Å². The molecule has 0 bridgehead atoms. The van der Waals surface area contributed by atoms with E-state index in [2.05, 4.69) is 21.2 Å². The predicted octanol–water partition coefficient (Wildman–Crippen LogP) is 1.91. The van der Waals surface area contributed by atoms with Crippen molar-refractivity contribution in [2.24, 2.45) is 0 Å². The molecule has 2 rings (SSSR count). The van der Waals surface area contributed by atoms with Gasteiger partial charge < -0.3 is 19.6 Å². The van der Waals surface area contributed by atoms with E-state index in [-0.39, 0.29) is 24.7 Å². The lowest BCUT2D eigenvalue weighted by Gasteiger charge is -2.07. The van der Waals surface area contributed by atoms with Gasteiger partial charge in [-0.05, 0) is 24.3 Å². The Kier molecular flexibility index (Phi) is 5.13. The first-order valence-corrected chi connectivity index (χ1v) is 6.78. The number of aliphatic hydroxyl groups excluding tert-OH is 1. The zero-order valence-corrected chi connectivity index (χ0v) is 12.4. The first-order valence-electron chi connectivity index (χ1n) is 5.99. The van der Waals surface area contributed by atoms with Crippen molar-refractivity contribution >= 4 is 27.5 Å². The second-order valence-electron chi connectivity index (χ2n) is 4.08. The summed E-state index contributed by atoms with van der Waals surface area (Å²) in [4.78, 5) is 23.3. The Labute approximate surface area is 128 Å². The minimum Gasteiger partial charge on any atom is -0.477 e. The Morgan fingerprint density at radius 2 is 2.05 bits per heavy atom. The van der Waals surface area contributed by atoms with E-state index in [0.29, 0.717) is 5.69 Å². The summed E-state index contributed by atoms with van der Waals surface area (Å²) in [5.41, 5.74) is 0.163. The Hall–Kier alpha value is -2.12. The van der Waals surface area contributed by atoms with Gasteiger partial charge >= 0.3 is 0 Å². The quantitative estimate of drug-likeness (QED) is 0.856. The first kappa shape index (κ1) is 15.3. The lowest BCUT2D eigenvalue weighted by atomic mass is 10.3. The number of hydrogen-bond donors (Lipinski definition) is 2. The van der Waals surface area contributed by atoms with Crippen molar-refractivity contribution in [1.29, 1.82) is 0 Å². The molecule has 2 N–H and O–H groups in total. The third-order valence-corrected chi connectivity index (χ3v) is 3.02. The van der Waals surface area contributed by atoms with Gasteiger partial charge in [0.25, 0.3) is 5.91 Å². The molecule has 0 spiro atoms. The highest BCUT2D eigenvalue weighted by Gasteiger charge is 2.08. The van der Waals surface area contributed by atoms with Crippen molar-refractivity contribution in [1.82, 2.24) is 0 Å². The topological polar surface area (TPSA) is 88.8 Å². The highest BCUT2D eigenvalue weighted by molar-refractivity contribution is 9.10. The molecule has 1 aromatic heterocycles. The molecule has 0 aliphatic rings. The van der Waals surface area contributed by atoms with E-state index in [9.17, 15) is 9.59 Å². The fourth-order valence-electron chi connectivity index (χ4n) is 1.50. The summed E-state index contributed by atoms with van der Waals surface area (Å²) in [6.45, 7) is -0.696. The minimum atomic E-state index is -0.457. The van der Waals surface area contributed by atoms with Crippen LogP contribution in [-0.4, -0.2) is 17.6 Å². The molecule has 1 heterocycles. The molecular formula is C14H12BrNO5. The van der Waals surface area contributed by atoms with E-state index in [0.717, 1.165) is 16.8 Å². The van der Waals surface area contributed by atoms with Crippen LogP contribution in [0.2, 0.25) is 0 Å². The molecule has 21 heavy (non-hydrogen) atoms. The molecule has 110 valence electrons. The van der Waals surface area contributed by atoms with E-state index in [1.807, 2.05) is 0 Å². The average molecular weight is 354 g/mol. The van der Waals surface area contributed by atoms with Crippen molar-refractivity contribution in [2.75, 3.05) is 11.9 Å². The summed E-state index contributed by atoms with van der Waals surface area (Å²) in [6, 6.07) is 8.15. The third kappa shape index (κ3) is 4.44. The van der Waals surface area contributed by atoms with Crippen molar-refractivity contribution in [3.05, 3.63) is 57.1 Å². The fraction of sp³-hybridized carbons (Fsp3) is 0.143. The summed E-state index contributed by atoms with van der Waals surface area (Å²) in [5, 5.41) is 11.4. The van der Waals surface area contributed by atoms with Gasteiger partial charge in [-0.25, -0.2) is 0 Å². The SMILES string of the molecule is O=C(COc1coc(CO)cc1=O)Nc1ccc(Br)cc1. The smallest absolute Gasteiger partial charge is 0.262 e. The third-order valence-electron chi connectivity index (χ3n) is 2.49. The van der Waals surface area contributed by atoms with E-state index in [1.165, 1.54) is 0 Å². The van der Waals surface area contributed by atoms with Crippen molar-refractivity contribution < 1.29 is 19.1 Å². The molecule has 0 saturated carbocycles. The zero-order chi connectivity index (χ0) is 15.2. The maximum absolute atomic E-state index is 11.7. The lowest BCUT2D eigenvalue weighted by molar-refractivity contribution is -0.118. The number of halogens is 1. The van der Waals surface area contributed by atoms with Crippen LogP contribution in [0.4, 0.5) is 5.69 Å². The minimum absolute atomic E-state index is 0.0850. The summed E-state index contributed by atoms with van der Waals surface area (Å²) < 4.78 is 10.9. The van der Waals surface area contributed by atoms with Crippen molar-refractivity contribution in [2.45, 2.75) is 6.61 Å². The highest BCUT2D eigenvalue weighted by atomic mass is 79.9. The van der Waals surface area contributed by atoms with E-state index >= 15 is 0 Å². The molecule has 7 heteroatoms. The number of amides is 1. The number of anilines is 1. The van der Waals surface area contributed by atoms with Crippen LogP contribution < -0.4 is 15.5 Å². The van der Waals surface area contributed by atoms with E-state index in [1.54, 1.807) is 24.3 Å². The number of hydrogen-bond acceptors (Lipinski definition) is 5. The summed E-state index contributed by atoms with van der Waals surface area (Å²) in [6.07, 6.45) is 1.07. The van der Waals surface area contributed by atoms with Crippen LogP contribution in [-0.2, 0) is 11.4 Å². The number of carbonyl (C=O) groups is 1. The van der Waals surface area contributed by atoms with Crippen LogP contribution in [0.5, 0.6) is 5.75 Å². The number of aliphatic hydroxyl groups is 1. The normalized spacial score (nSPS) is 10.2. The Bertz CT molecular complexity index is 681. The molecular weight excluding hydrogens is 342 g/mol. The zero-order valence-electron chi connectivity index (χ0n) is 10.8. The van der Waals surface area contributed by atoms with Gasteiger partial charge in [-0.2, -0.15) is 0 Å². The van der Waals surface area contributed by atoms with Crippen LogP contribution in [0.3, 0.4) is 0 Å². The van der Waals surface area contributed by atoms with E-state index in [4.69, 9.17) is 14.3 Å². The second-order valence-corrected chi connectivity index (χ2v) is 4.99. The number of nitrogens with one attached hydrogen (secondary N) is 1. The van der Waals surface area contributed by atoms with Crippen LogP contribution in [0.25, 0.3) is 0 Å². The molecule has 6 nitrogen and oxygen atoms in total. The number of rotatable bonds is 5. The van der Waals surface area contributed by atoms with Gasteiger partial charge in [0, 0.05) is 16.2 Å². The average Bonchev–Trinajstić information content (AvgIpc) is 2.48. The number of carbonyl (C=O) groups excluding carboxylic acids is 1. The predicted molar refractivity (Wildman–Crippen MR) is 79.2 cm³/mol. The standard InChI is InChI=1S/C14H12BrNO5/c15-9-1-3-10(4-2-9)16-14(19)8-21-13-7-20-11(6-17)5-12(13)18/h1-5,7,17H,6,8H2,(H,16,19). The van der Waals surface area contributed by atoms with E-state index < -0.39 is 11.3 Å². The molecule has 2 aromatic rings. The Morgan fingerprint density at radius 1 is 1.33 bits per heavy atom. The molecule has 1 amide bonds. The van der Waals surface area contributed by atoms with Gasteiger partial charge in [0.2, 0.25) is 11.2 Å². The molecule has 0 atom stereocenters. The van der Waals surface area contributed by atoms with Crippen LogP contribution >= 0.6 is 15.9 Å². The maximum Gasteiger partial charge on any atom is 0.262 e. The summed E-state index contributed by atoms with van der Waals surface area (Å²) in [5.74, 6) is -0.354. The molecule has 0 unspecified atom stereocenters. The van der Waals surface area contributed by atoms with Gasteiger partial charge in [0.05, 0.1) is 0 Å². The van der Waals surface area contributed by atoms with Crippen molar-refractivity contribution in [3.63, 3.8) is 0 Å². The molecule has 1 aromatic carbocycles. The van der Waals surface area contributed by atoms with Gasteiger partial charge in [-0.1, -0.05) is 15.9 Å². The molecule has 0 fully saturated rings. The number of ether oxygens (including phenoxy) is 1. The van der Waals surface area contributed by atoms with Gasteiger partial charge in [0.15, 0.2) is 6.61 Å². The van der Waals surface area contributed by atoms with Gasteiger partial charge in [-0.15, -0.1) is 0 Å². The molecule has 0 radical (unpaired) electrons. The van der Waals surface area contributed by atoms with Crippen molar-refractivity contribution in [3.8, 4) is 5.75 Å². The van der Waals surface area contributed by atoms with Crippen LogP contribution in [0, 0.1) is 0 Å². The van der Waals surface area contributed by atoms with Gasteiger partial charge in [-0.3, -0.25) is 9.59 Å². The van der Waals surface area contributed by atoms with Crippen LogP contribution in [0.1, 0.15) is 5.76 Å². The summed E-state index contributed by atoms with van der Waals surface area (Å²) >= 11 is 3.29. The molecule has 0 aliphatic heterocycles. The molecule has 0 saturated heterocycles. The highest BCUT2D eigenvalue weighted by Crippen LogP contribution is 2.14. The van der Waals surface area contributed by atoms with Crippen LogP contribution in [0.15, 0.2) is 50.3 Å². The largest absolute Gasteiger partial charge is 0.477 e. The number of benzene rings is 1. The lowest BCUT2D eigenvalue weighted by Crippen LogP contribution is -2.22. The summed E-state index contributed by atoms with van der Waals surface area (Å²) in [7, 11) is 0. The Balaban J connectivity index is 1.92. The molecule has 0 aliphatic carbocycles. The Morgan fingerprint density at radius 3 is 2.67 bits per heavy atom. The first-order chi connectivity index (χ1) is 10.1. The fourth-order valence-corrected chi connectivity index (χ4v) is 1.76. The maximum atomic E-state index is 11.7.